The standard InChI is InChI=1S/C27H29N3O3/c1-20-8-6-7-11-23(20)26(31)28-24-18-22(27(32)33-2)12-13-25(24)30-16-14-29(15-17-30)19-21-9-4-3-5-10-21/h3-13,18H,14-17,19H2,1-2H3,(H,28,31). The fraction of sp³-hybridized carbons (Fsp3) is 0.259. The van der Waals surface area contributed by atoms with E-state index in [0.717, 1.165) is 44.0 Å². The SMILES string of the molecule is COC(=O)c1ccc(N2CCN(Cc3ccccc3)CC2)c(NC(=O)c2ccccc2C)c1. The number of methoxy groups -OCH3 is 1. The van der Waals surface area contributed by atoms with Gasteiger partial charge >= 0.3 is 5.97 Å². The van der Waals surface area contributed by atoms with Gasteiger partial charge in [-0.25, -0.2) is 4.79 Å². The van der Waals surface area contributed by atoms with Gasteiger partial charge in [0.1, 0.15) is 0 Å². The van der Waals surface area contributed by atoms with E-state index in [2.05, 4.69) is 39.4 Å². The number of piperazine rings is 1. The van der Waals surface area contributed by atoms with E-state index in [1.54, 1.807) is 18.2 Å². The largest absolute Gasteiger partial charge is 0.465 e. The van der Waals surface area contributed by atoms with Crippen LogP contribution in [0.15, 0.2) is 72.8 Å². The number of nitrogens with one attached hydrogen (secondary N) is 1. The van der Waals surface area contributed by atoms with Gasteiger partial charge < -0.3 is 15.0 Å². The minimum Gasteiger partial charge on any atom is -0.465 e. The number of rotatable bonds is 6. The Labute approximate surface area is 194 Å². The Balaban J connectivity index is 1.53. The fourth-order valence-electron chi connectivity index (χ4n) is 4.16. The number of nitrogens with zero attached hydrogens (tertiary/aromatic N) is 2. The third-order valence-electron chi connectivity index (χ3n) is 6.02. The highest BCUT2D eigenvalue weighted by Gasteiger charge is 2.22. The maximum atomic E-state index is 13.0. The van der Waals surface area contributed by atoms with Crippen LogP contribution in [0.2, 0.25) is 0 Å². The number of hydrogen-bond donors (Lipinski definition) is 1. The Morgan fingerprint density at radius 2 is 1.61 bits per heavy atom. The number of esters is 1. The van der Waals surface area contributed by atoms with Crippen LogP contribution in [0.4, 0.5) is 11.4 Å². The average molecular weight is 444 g/mol. The molecule has 0 bridgehead atoms. The number of amides is 1. The number of carbonyl (C=O) groups excluding carboxylic acids is 2. The highest BCUT2D eigenvalue weighted by Crippen LogP contribution is 2.29. The Kier molecular flexibility index (Phi) is 7.05. The van der Waals surface area contributed by atoms with Gasteiger partial charge in [0.2, 0.25) is 0 Å². The van der Waals surface area contributed by atoms with Gasteiger partial charge in [0.15, 0.2) is 0 Å². The van der Waals surface area contributed by atoms with Crippen molar-refractivity contribution in [3.63, 3.8) is 0 Å². The lowest BCUT2D eigenvalue weighted by atomic mass is 10.1. The van der Waals surface area contributed by atoms with E-state index >= 15 is 0 Å². The molecule has 1 aliphatic heterocycles. The predicted octanol–water partition coefficient (Wildman–Crippen LogP) is 4.36. The molecule has 1 aliphatic rings. The van der Waals surface area contributed by atoms with Crippen LogP contribution in [-0.2, 0) is 11.3 Å². The summed E-state index contributed by atoms with van der Waals surface area (Å²) in [4.78, 5) is 29.8. The molecule has 33 heavy (non-hydrogen) atoms. The number of anilines is 2. The summed E-state index contributed by atoms with van der Waals surface area (Å²) in [6, 6.07) is 23.3. The first-order valence-electron chi connectivity index (χ1n) is 11.2. The van der Waals surface area contributed by atoms with E-state index in [9.17, 15) is 9.59 Å². The maximum Gasteiger partial charge on any atom is 0.337 e. The van der Waals surface area contributed by atoms with Crippen molar-refractivity contribution >= 4 is 23.3 Å². The number of hydrogen-bond acceptors (Lipinski definition) is 5. The van der Waals surface area contributed by atoms with E-state index < -0.39 is 5.97 Å². The van der Waals surface area contributed by atoms with Gasteiger partial charge in [0.05, 0.1) is 24.0 Å². The minimum atomic E-state index is -0.430. The molecule has 0 spiro atoms. The van der Waals surface area contributed by atoms with E-state index in [1.165, 1.54) is 12.7 Å². The monoisotopic (exact) mass is 443 g/mol. The quantitative estimate of drug-likeness (QED) is 0.574. The average Bonchev–Trinajstić information content (AvgIpc) is 2.85. The van der Waals surface area contributed by atoms with Gasteiger partial charge in [-0.1, -0.05) is 48.5 Å². The van der Waals surface area contributed by atoms with Gasteiger partial charge in [-0.3, -0.25) is 9.69 Å². The van der Waals surface area contributed by atoms with Crippen molar-refractivity contribution in [2.45, 2.75) is 13.5 Å². The molecule has 6 heteroatoms. The minimum absolute atomic E-state index is 0.195. The molecule has 170 valence electrons. The van der Waals surface area contributed by atoms with Crippen molar-refractivity contribution in [3.8, 4) is 0 Å². The molecule has 3 aromatic rings. The van der Waals surface area contributed by atoms with E-state index in [0.29, 0.717) is 16.8 Å². The molecule has 0 unspecified atom stereocenters. The molecule has 1 heterocycles. The van der Waals surface area contributed by atoms with E-state index in [1.807, 2.05) is 37.3 Å². The zero-order chi connectivity index (χ0) is 23.2. The number of benzene rings is 3. The summed E-state index contributed by atoms with van der Waals surface area (Å²) in [7, 11) is 1.35. The van der Waals surface area contributed by atoms with Crippen LogP contribution in [0.3, 0.4) is 0 Å². The lowest BCUT2D eigenvalue weighted by molar-refractivity contribution is 0.0600. The molecule has 6 nitrogen and oxygen atoms in total. The van der Waals surface area contributed by atoms with Gasteiger partial charge in [-0.2, -0.15) is 0 Å². The molecule has 0 saturated carbocycles. The molecular formula is C27H29N3O3. The van der Waals surface area contributed by atoms with Gasteiger partial charge in [0, 0.05) is 38.3 Å². The molecule has 1 amide bonds. The van der Waals surface area contributed by atoms with Crippen molar-refractivity contribution in [3.05, 3.63) is 95.1 Å². The predicted molar refractivity (Wildman–Crippen MR) is 131 cm³/mol. The number of aryl methyl sites for hydroxylation is 1. The molecule has 0 aliphatic carbocycles. The van der Waals surface area contributed by atoms with Crippen molar-refractivity contribution in [1.82, 2.24) is 4.90 Å². The molecule has 0 atom stereocenters. The smallest absolute Gasteiger partial charge is 0.337 e. The van der Waals surface area contributed by atoms with Crippen LogP contribution < -0.4 is 10.2 Å². The second-order valence-corrected chi connectivity index (χ2v) is 8.24. The maximum absolute atomic E-state index is 13.0. The molecular weight excluding hydrogens is 414 g/mol. The summed E-state index contributed by atoms with van der Waals surface area (Å²) in [6.45, 7) is 6.33. The van der Waals surface area contributed by atoms with Crippen LogP contribution in [0.1, 0.15) is 31.8 Å². The zero-order valence-electron chi connectivity index (χ0n) is 19.1. The molecule has 1 N–H and O–H groups in total. The number of carbonyl (C=O) groups is 2. The second kappa shape index (κ2) is 10.3. The number of ether oxygens (including phenoxy) is 1. The lowest BCUT2D eigenvalue weighted by Gasteiger charge is -2.37. The summed E-state index contributed by atoms with van der Waals surface area (Å²) in [6.07, 6.45) is 0. The Morgan fingerprint density at radius 1 is 0.909 bits per heavy atom. The molecule has 1 fully saturated rings. The Morgan fingerprint density at radius 3 is 2.30 bits per heavy atom. The normalized spacial score (nSPS) is 14.1. The molecule has 0 aromatic heterocycles. The van der Waals surface area contributed by atoms with Gasteiger partial charge in [-0.15, -0.1) is 0 Å². The highest BCUT2D eigenvalue weighted by molar-refractivity contribution is 6.07. The summed E-state index contributed by atoms with van der Waals surface area (Å²) in [5, 5.41) is 3.03. The molecule has 1 saturated heterocycles. The molecule has 4 rings (SSSR count). The van der Waals surface area contributed by atoms with Crippen molar-refractivity contribution in [1.29, 1.82) is 0 Å². The van der Waals surface area contributed by atoms with Crippen LogP contribution in [0, 0.1) is 6.92 Å². The third kappa shape index (κ3) is 5.41. The summed E-state index contributed by atoms with van der Waals surface area (Å²) < 4.78 is 4.88. The highest BCUT2D eigenvalue weighted by atomic mass is 16.5. The summed E-state index contributed by atoms with van der Waals surface area (Å²) >= 11 is 0. The summed E-state index contributed by atoms with van der Waals surface area (Å²) in [5.41, 5.74) is 4.74. The zero-order valence-corrected chi connectivity index (χ0v) is 19.1. The third-order valence-corrected chi connectivity index (χ3v) is 6.02. The first-order valence-corrected chi connectivity index (χ1v) is 11.2. The Bertz CT molecular complexity index is 1120. The van der Waals surface area contributed by atoms with Gasteiger partial charge in [0.25, 0.3) is 5.91 Å². The van der Waals surface area contributed by atoms with Crippen LogP contribution in [0.5, 0.6) is 0 Å². The van der Waals surface area contributed by atoms with Gasteiger partial charge in [-0.05, 0) is 42.3 Å². The lowest BCUT2D eigenvalue weighted by Crippen LogP contribution is -2.46. The van der Waals surface area contributed by atoms with E-state index in [-0.39, 0.29) is 5.91 Å². The second-order valence-electron chi connectivity index (χ2n) is 8.24. The van der Waals surface area contributed by atoms with Crippen LogP contribution in [-0.4, -0.2) is 50.1 Å². The first-order chi connectivity index (χ1) is 16.0. The van der Waals surface area contributed by atoms with Crippen LogP contribution >= 0.6 is 0 Å². The molecule has 3 aromatic carbocycles. The fourth-order valence-corrected chi connectivity index (χ4v) is 4.16. The molecule has 0 radical (unpaired) electrons. The summed E-state index contributed by atoms with van der Waals surface area (Å²) in [5.74, 6) is -0.625. The van der Waals surface area contributed by atoms with E-state index in [4.69, 9.17) is 4.74 Å². The Hall–Kier alpha value is -3.64. The first kappa shape index (κ1) is 22.6. The van der Waals surface area contributed by atoms with Crippen molar-refractivity contribution in [2.24, 2.45) is 0 Å². The van der Waals surface area contributed by atoms with Crippen LogP contribution in [0.25, 0.3) is 0 Å². The van der Waals surface area contributed by atoms with Crippen molar-refractivity contribution < 1.29 is 14.3 Å². The van der Waals surface area contributed by atoms with Crippen molar-refractivity contribution in [2.75, 3.05) is 43.5 Å². The topological polar surface area (TPSA) is 61.9 Å².